The molecular weight excluding hydrogens is 252 g/mol. The number of nitrogens with two attached hydrogens (primary N) is 1. The smallest absolute Gasteiger partial charge is 0.137 e. The lowest BCUT2D eigenvalue weighted by Gasteiger charge is -2.10. The normalized spacial score (nSPS) is 12.9. The number of furan rings is 2. The average Bonchev–Trinajstić information content (AvgIpc) is 3.07. The van der Waals surface area contributed by atoms with E-state index in [1.54, 1.807) is 0 Å². The van der Waals surface area contributed by atoms with Gasteiger partial charge in [0, 0.05) is 11.8 Å². The van der Waals surface area contributed by atoms with E-state index in [2.05, 4.69) is 12.3 Å². The molecule has 0 saturated heterocycles. The third kappa shape index (κ3) is 2.13. The Balaban J connectivity index is 2.04. The van der Waals surface area contributed by atoms with Gasteiger partial charge in [-0.25, -0.2) is 5.43 Å². The van der Waals surface area contributed by atoms with Crippen LogP contribution in [0.15, 0.2) is 45.2 Å². The molecule has 4 heteroatoms. The van der Waals surface area contributed by atoms with Gasteiger partial charge in [0.1, 0.15) is 28.9 Å². The summed E-state index contributed by atoms with van der Waals surface area (Å²) in [6.45, 7) is 4.08. The van der Waals surface area contributed by atoms with Crippen molar-refractivity contribution in [3.05, 3.63) is 59.2 Å². The zero-order valence-corrected chi connectivity index (χ0v) is 11.6. The number of fused-ring (bicyclic) bond motifs is 1. The first kappa shape index (κ1) is 13.0. The number of benzene rings is 1. The van der Waals surface area contributed by atoms with Crippen LogP contribution in [-0.4, -0.2) is 0 Å². The van der Waals surface area contributed by atoms with Crippen molar-refractivity contribution < 1.29 is 8.83 Å². The summed E-state index contributed by atoms with van der Waals surface area (Å²) in [5, 5.41) is 1.07. The summed E-state index contributed by atoms with van der Waals surface area (Å²) in [5.74, 6) is 8.14. The highest BCUT2D eigenvalue weighted by Gasteiger charge is 2.21. The molecule has 3 aromatic rings. The number of hydrogen-bond acceptors (Lipinski definition) is 4. The number of rotatable bonds is 4. The first-order chi connectivity index (χ1) is 9.72. The molecule has 0 fully saturated rings. The molecule has 0 radical (unpaired) electrons. The van der Waals surface area contributed by atoms with Gasteiger partial charge in [0.15, 0.2) is 0 Å². The number of para-hydroxylation sites is 1. The Morgan fingerprint density at radius 2 is 2.00 bits per heavy atom. The zero-order chi connectivity index (χ0) is 14.1. The molecule has 0 saturated carbocycles. The standard InChI is InChI=1S/C16H18N2O2/c1-3-12-7-8-13(19-12)15(18-17)14-9-11-6-4-5-10(2)16(11)20-14/h4-9,15,18H,3,17H2,1-2H3. The summed E-state index contributed by atoms with van der Waals surface area (Å²) < 4.78 is 11.7. The Labute approximate surface area is 117 Å². The minimum absolute atomic E-state index is 0.276. The molecule has 2 heterocycles. The molecule has 0 aliphatic carbocycles. The molecule has 0 bridgehead atoms. The van der Waals surface area contributed by atoms with Gasteiger partial charge in [-0.05, 0) is 30.7 Å². The van der Waals surface area contributed by atoms with E-state index in [-0.39, 0.29) is 6.04 Å². The van der Waals surface area contributed by atoms with Gasteiger partial charge >= 0.3 is 0 Å². The topological polar surface area (TPSA) is 64.3 Å². The first-order valence-corrected chi connectivity index (χ1v) is 6.76. The third-order valence-corrected chi connectivity index (χ3v) is 3.53. The molecule has 0 spiro atoms. The minimum atomic E-state index is -0.276. The second-order valence-electron chi connectivity index (χ2n) is 4.90. The van der Waals surface area contributed by atoms with E-state index in [4.69, 9.17) is 14.7 Å². The van der Waals surface area contributed by atoms with Gasteiger partial charge < -0.3 is 8.83 Å². The van der Waals surface area contributed by atoms with Gasteiger partial charge in [0.2, 0.25) is 0 Å². The molecule has 2 aromatic heterocycles. The molecule has 4 nitrogen and oxygen atoms in total. The Hall–Kier alpha value is -2.04. The van der Waals surface area contributed by atoms with E-state index in [0.29, 0.717) is 0 Å². The second-order valence-corrected chi connectivity index (χ2v) is 4.90. The van der Waals surface area contributed by atoms with E-state index in [9.17, 15) is 0 Å². The zero-order valence-electron chi connectivity index (χ0n) is 11.6. The first-order valence-electron chi connectivity index (χ1n) is 6.76. The van der Waals surface area contributed by atoms with Crippen LogP contribution < -0.4 is 11.3 Å². The number of hydrogen-bond donors (Lipinski definition) is 2. The summed E-state index contributed by atoms with van der Waals surface area (Å²) in [4.78, 5) is 0. The van der Waals surface area contributed by atoms with Gasteiger partial charge in [-0.2, -0.15) is 0 Å². The van der Waals surface area contributed by atoms with Crippen LogP contribution in [0.3, 0.4) is 0 Å². The van der Waals surface area contributed by atoms with Gasteiger partial charge in [-0.15, -0.1) is 0 Å². The Bertz CT molecular complexity index is 727. The van der Waals surface area contributed by atoms with Crippen molar-refractivity contribution in [2.75, 3.05) is 0 Å². The number of hydrazine groups is 1. The van der Waals surface area contributed by atoms with E-state index in [1.807, 2.05) is 43.3 Å². The highest BCUT2D eigenvalue weighted by atomic mass is 16.4. The molecule has 1 atom stereocenters. The van der Waals surface area contributed by atoms with E-state index >= 15 is 0 Å². The van der Waals surface area contributed by atoms with Crippen molar-refractivity contribution in [3.8, 4) is 0 Å². The molecule has 3 rings (SSSR count). The maximum Gasteiger partial charge on any atom is 0.137 e. The molecular formula is C16H18N2O2. The molecule has 1 aromatic carbocycles. The summed E-state index contributed by atoms with van der Waals surface area (Å²) in [5.41, 5.74) is 4.77. The number of nitrogens with one attached hydrogen (secondary N) is 1. The lowest BCUT2D eigenvalue weighted by molar-refractivity contribution is 0.388. The van der Waals surface area contributed by atoms with Crippen LogP contribution in [0.25, 0.3) is 11.0 Å². The largest absolute Gasteiger partial charge is 0.464 e. The summed E-state index contributed by atoms with van der Waals surface area (Å²) >= 11 is 0. The predicted molar refractivity (Wildman–Crippen MR) is 78.2 cm³/mol. The van der Waals surface area contributed by atoms with Crippen LogP contribution in [0.5, 0.6) is 0 Å². The molecule has 1 unspecified atom stereocenters. The Kier molecular flexibility index (Phi) is 3.34. The van der Waals surface area contributed by atoms with E-state index < -0.39 is 0 Å². The maximum absolute atomic E-state index is 5.95. The fraction of sp³-hybridized carbons (Fsp3) is 0.250. The molecule has 3 N–H and O–H groups in total. The Morgan fingerprint density at radius 1 is 1.15 bits per heavy atom. The average molecular weight is 270 g/mol. The van der Waals surface area contributed by atoms with E-state index in [0.717, 1.165) is 40.2 Å². The fourth-order valence-corrected chi connectivity index (χ4v) is 2.42. The highest BCUT2D eigenvalue weighted by Crippen LogP contribution is 2.30. The van der Waals surface area contributed by atoms with Crippen LogP contribution in [0, 0.1) is 6.92 Å². The van der Waals surface area contributed by atoms with Crippen LogP contribution in [-0.2, 0) is 6.42 Å². The van der Waals surface area contributed by atoms with Crippen LogP contribution in [0.4, 0.5) is 0 Å². The quantitative estimate of drug-likeness (QED) is 0.563. The minimum Gasteiger partial charge on any atom is -0.464 e. The summed E-state index contributed by atoms with van der Waals surface area (Å²) in [6.07, 6.45) is 0.858. The van der Waals surface area contributed by atoms with Crippen LogP contribution >= 0.6 is 0 Å². The molecule has 0 aliphatic heterocycles. The molecule has 0 aliphatic rings. The van der Waals surface area contributed by atoms with Crippen molar-refractivity contribution in [2.45, 2.75) is 26.3 Å². The summed E-state index contributed by atoms with van der Waals surface area (Å²) in [7, 11) is 0. The molecule has 20 heavy (non-hydrogen) atoms. The molecule has 0 amide bonds. The van der Waals surface area contributed by atoms with Gasteiger partial charge in [0.25, 0.3) is 0 Å². The van der Waals surface area contributed by atoms with Crippen molar-refractivity contribution in [2.24, 2.45) is 5.84 Å². The highest BCUT2D eigenvalue weighted by molar-refractivity contribution is 5.81. The van der Waals surface area contributed by atoms with Crippen molar-refractivity contribution in [1.82, 2.24) is 5.43 Å². The van der Waals surface area contributed by atoms with Crippen LogP contribution in [0.1, 0.15) is 35.8 Å². The lowest BCUT2D eigenvalue weighted by atomic mass is 10.1. The summed E-state index contributed by atoms with van der Waals surface area (Å²) in [6, 6.07) is 11.7. The Morgan fingerprint density at radius 3 is 2.65 bits per heavy atom. The van der Waals surface area contributed by atoms with Gasteiger partial charge in [-0.1, -0.05) is 25.1 Å². The van der Waals surface area contributed by atoms with E-state index in [1.165, 1.54) is 0 Å². The van der Waals surface area contributed by atoms with Crippen molar-refractivity contribution >= 4 is 11.0 Å². The second kappa shape index (κ2) is 5.15. The van der Waals surface area contributed by atoms with Crippen molar-refractivity contribution in [3.63, 3.8) is 0 Å². The van der Waals surface area contributed by atoms with Crippen molar-refractivity contribution in [1.29, 1.82) is 0 Å². The predicted octanol–water partition coefficient (Wildman–Crippen LogP) is 3.45. The van der Waals surface area contributed by atoms with Gasteiger partial charge in [0.05, 0.1) is 0 Å². The van der Waals surface area contributed by atoms with Gasteiger partial charge in [-0.3, -0.25) is 5.84 Å². The third-order valence-electron chi connectivity index (χ3n) is 3.53. The monoisotopic (exact) mass is 270 g/mol. The number of aryl methyl sites for hydroxylation is 2. The SMILES string of the molecule is CCc1ccc(C(NN)c2cc3cccc(C)c3o2)o1. The van der Waals surface area contributed by atoms with Crippen LogP contribution in [0.2, 0.25) is 0 Å². The lowest BCUT2D eigenvalue weighted by Crippen LogP contribution is -2.28. The fourth-order valence-electron chi connectivity index (χ4n) is 2.42. The maximum atomic E-state index is 5.95. The molecule has 104 valence electrons.